The van der Waals surface area contributed by atoms with Crippen LogP contribution in [-0.4, -0.2) is 17.5 Å². The second-order valence-corrected chi connectivity index (χ2v) is 1.74. The number of hydrogen-bond acceptors (Lipinski definition) is 2. The average Bonchev–Trinajstić information content (AvgIpc) is 1.65. The Morgan fingerprint density at radius 2 is 2.00 bits per heavy atom. The normalized spacial score (nSPS) is 18.1. The van der Waals surface area contributed by atoms with Crippen LogP contribution in [0.1, 0.15) is 13.8 Å². The third-order valence-electron chi connectivity index (χ3n) is 0.976. The summed E-state index contributed by atoms with van der Waals surface area (Å²) < 4.78 is 0. The number of aliphatic hydroxyl groups excluding tert-OH is 1. The minimum absolute atomic E-state index is 0.222. The molecule has 0 radical (unpaired) electrons. The number of carbonyl (C=O) groups is 1. The molecule has 42 valence electrons. The van der Waals surface area contributed by atoms with Crippen molar-refractivity contribution in [3.63, 3.8) is 0 Å². The van der Waals surface area contributed by atoms with Gasteiger partial charge in [-0.3, -0.25) is 0 Å². The molecule has 0 bridgehead atoms. The van der Waals surface area contributed by atoms with Crippen LogP contribution in [0.5, 0.6) is 0 Å². The molecule has 7 heavy (non-hydrogen) atoms. The molecule has 1 N–H and O–H groups in total. The first kappa shape index (κ1) is 6.63. The van der Waals surface area contributed by atoms with Crippen LogP contribution in [0.2, 0.25) is 0 Å². The molecule has 0 aliphatic rings. The van der Waals surface area contributed by atoms with Crippen molar-refractivity contribution in [1.29, 1.82) is 0 Å². The van der Waals surface area contributed by atoms with Gasteiger partial charge in [0.25, 0.3) is 0 Å². The maximum Gasteiger partial charge on any atom is 0.125 e. The summed E-state index contributed by atoms with van der Waals surface area (Å²) >= 11 is 0. The van der Waals surface area contributed by atoms with E-state index in [0.29, 0.717) is 0 Å². The minimum Gasteiger partial charge on any atom is -0.393 e. The molecule has 0 rings (SSSR count). The van der Waals surface area contributed by atoms with Crippen molar-refractivity contribution in [3.8, 4) is 0 Å². The van der Waals surface area contributed by atoms with E-state index in [-0.39, 0.29) is 5.92 Å². The van der Waals surface area contributed by atoms with E-state index in [4.69, 9.17) is 5.11 Å². The third kappa shape index (κ3) is 2.34. The van der Waals surface area contributed by atoms with Crippen LogP contribution in [0.15, 0.2) is 0 Å². The van der Waals surface area contributed by atoms with E-state index in [9.17, 15) is 4.79 Å². The molecule has 0 heterocycles. The molecule has 2 heteroatoms. The van der Waals surface area contributed by atoms with E-state index in [1.165, 1.54) is 0 Å². The van der Waals surface area contributed by atoms with Gasteiger partial charge in [-0.25, -0.2) is 0 Å². The van der Waals surface area contributed by atoms with Crippen LogP contribution in [0.4, 0.5) is 0 Å². The predicted octanol–water partition coefficient (Wildman–Crippen LogP) is 0.202. The summed E-state index contributed by atoms with van der Waals surface area (Å²) in [7, 11) is 0. The number of carbonyl (C=O) groups excluding carboxylic acids is 1. The summed E-state index contributed by atoms with van der Waals surface area (Å²) in [5, 5.41) is 8.59. The lowest BCUT2D eigenvalue weighted by Gasteiger charge is -2.03. The molecule has 2 atom stereocenters. The Kier molecular flexibility index (Phi) is 2.60. The Hall–Kier alpha value is -0.370. The van der Waals surface area contributed by atoms with Gasteiger partial charge >= 0.3 is 0 Å². The quantitative estimate of drug-likeness (QED) is 0.506. The first-order valence-electron chi connectivity index (χ1n) is 2.32. The van der Waals surface area contributed by atoms with Crippen molar-refractivity contribution < 1.29 is 9.90 Å². The fourth-order valence-corrected chi connectivity index (χ4v) is 0.114. The Labute approximate surface area is 43.2 Å². The summed E-state index contributed by atoms with van der Waals surface area (Å²) in [6.07, 6.45) is 0.238. The van der Waals surface area contributed by atoms with Gasteiger partial charge in [-0.1, -0.05) is 6.92 Å². The molecule has 0 unspecified atom stereocenters. The van der Waals surface area contributed by atoms with Crippen LogP contribution in [-0.2, 0) is 4.79 Å². The van der Waals surface area contributed by atoms with Gasteiger partial charge in [0, 0.05) is 5.92 Å². The first-order valence-corrected chi connectivity index (χ1v) is 2.32. The molecule has 0 aromatic heterocycles. The zero-order valence-electron chi connectivity index (χ0n) is 4.59. The van der Waals surface area contributed by atoms with E-state index < -0.39 is 6.10 Å². The van der Waals surface area contributed by atoms with Crippen molar-refractivity contribution in [3.05, 3.63) is 0 Å². The lowest BCUT2D eigenvalue weighted by atomic mass is 10.1. The topological polar surface area (TPSA) is 37.3 Å². The van der Waals surface area contributed by atoms with Gasteiger partial charge in [-0.15, -0.1) is 0 Å². The third-order valence-corrected chi connectivity index (χ3v) is 0.976. The summed E-state index contributed by atoms with van der Waals surface area (Å²) in [4.78, 5) is 9.79. The number of rotatable bonds is 2. The standard InChI is InChI=1S/C5H10O2/c1-4(3-6)5(2)7/h3-5,7H,1-2H3/t4-,5-/m0/s1. The molecule has 0 aromatic rings. The molecule has 0 amide bonds. The molecule has 0 saturated carbocycles. The summed E-state index contributed by atoms with van der Waals surface area (Å²) in [5.41, 5.74) is 0. The van der Waals surface area contributed by atoms with Crippen LogP contribution >= 0.6 is 0 Å². The van der Waals surface area contributed by atoms with E-state index in [1.807, 2.05) is 0 Å². The summed E-state index contributed by atoms with van der Waals surface area (Å²) in [6.45, 7) is 3.27. The Morgan fingerprint density at radius 3 is 2.00 bits per heavy atom. The Balaban J connectivity index is 3.33. The average molecular weight is 102 g/mol. The molecule has 0 saturated heterocycles. The van der Waals surface area contributed by atoms with E-state index in [1.54, 1.807) is 13.8 Å². The van der Waals surface area contributed by atoms with Crippen molar-refractivity contribution in [2.45, 2.75) is 20.0 Å². The lowest BCUT2D eigenvalue weighted by molar-refractivity contribution is -0.113. The fourth-order valence-electron chi connectivity index (χ4n) is 0.114. The van der Waals surface area contributed by atoms with Crippen molar-refractivity contribution >= 4 is 6.29 Å². The zero-order chi connectivity index (χ0) is 5.86. The van der Waals surface area contributed by atoms with Crippen molar-refractivity contribution in [1.82, 2.24) is 0 Å². The van der Waals surface area contributed by atoms with E-state index >= 15 is 0 Å². The Morgan fingerprint density at radius 1 is 1.57 bits per heavy atom. The molecule has 0 aliphatic carbocycles. The van der Waals surface area contributed by atoms with Gasteiger partial charge in [-0.05, 0) is 6.92 Å². The van der Waals surface area contributed by atoms with Gasteiger partial charge in [0.1, 0.15) is 6.29 Å². The highest BCUT2D eigenvalue weighted by Gasteiger charge is 2.04. The first-order chi connectivity index (χ1) is 3.18. The van der Waals surface area contributed by atoms with Crippen LogP contribution in [0.3, 0.4) is 0 Å². The second-order valence-electron chi connectivity index (χ2n) is 1.74. The molecule has 0 fully saturated rings. The largest absolute Gasteiger partial charge is 0.393 e. The number of aliphatic hydroxyl groups is 1. The molecule has 0 aliphatic heterocycles. The molecule has 0 aromatic carbocycles. The van der Waals surface area contributed by atoms with Gasteiger partial charge in [0.2, 0.25) is 0 Å². The maximum atomic E-state index is 9.79. The number of aldehydes is 1. The predicted molar refractivity (Wildman–Crippen MR) is 26.9 cm³/mol. The highest BCUT2D eigenvalue weighted by atomic mass is 16.3. The van der Waals surface area contributed by atoms with Gasteiger partial charge in [-0.2, -0.15) is 0 Å². The monoisotopic (exact) mass is 102 g/mol. The van der Waals surface area contributed by atoms with Crippen molar-refractivity contribution in [2.75, 3.05) is 0 Å². The van der Waals surface area contributed by atoms with Gasteiger partial charge < -0.3 is 9.90 Å². The summed E-state index contributed by atoms with van der Waals surface area (Å²) in [5.74, 6) is -0.222. The van der Waals surface area contributed by atoms with E-state index in [0.717, 1.165) is 6.29 Å². The van der Waals surface area contributed by atoms with Crippen LogP contribution in [0.25, 0.3) is 0 Å². The maximum absolute atomic E-state index is 9.79. The van der Waals surface area contributed by atoms with Crippen molar-refractivity contribution in [2.24, 2.45) is 5.92 Å². The molecule has 2 nitrogen and oxygen atoms in total. The van der Waals surface area contributed by atoms with Crippen LogP contribution in [0, 0.1) is 5.92 Å². The van der Waals surface area contributed by atoms with E-state index in [2.05, 4.69) is 0 Å². The Bertz CT molecular complexity index is 59.1. The SMILES string of the molecule is C[C@H](O)[C@@H](C)C=O. The zero-order valence-corrected chi connectivity index (χ0v) is 4.59. The lowest BCUT2D eigenvalue weighted by Crippen LogP contribution is -2.13. The molecule has 0 spiro atoms. The highest BCUT2D eigenvalue weighted by molar-refractivity contribution is 5.53. The smallest absolute Gasteiger partial charge is 0.125 e. The molecular formula is C5H10O2. The minimum atomic E-state index is -0.502. The fraction of sp³-hybridized carbons (Fsp3) is 0.800. The van der Waals surface area contributed by atoms with Gasteiger partial charge in [0.15, 0.2) is 0 Å². The molecular weight excluding hydrogens is 92.1 g/mol. The second kappa shape index (κ2) is 2.75. The van der Waals surface area contributed by atoms with Crippen LogP contribution < -0.4 is 0 Å². The number of hydrogen-bond donors (Lipinski definition) is 1. The van der Waals surface area contributed by atoms with Gasteiger partial charge in [0.05, 0.1) is 6.10 Å². The summed E-state index contributed by atoms with van der Waals surface area (Å²) in [6, 6.07) is 0. The highest BCUT2D eigenvalue weighted by Crippen LogP contribution is 1.94.